The second-order valence-electron chi connectivity index (χ2n) is 6.69. The van der Waals surface area contributed by atoms with E-state index in [1.807, 2.05) is 0 Å². The van der Waals surface area contributed by atoms with Gasteiger partial charge in [-0.3, -0.25) is 14.4 Å². The van der Waals surface area contributed by atoms with Crippen LogP contribution < -0.4 is 5.32 Å². The summed E-state index contributed by atoms with van der Waals surface area (Å²) < 4.78 is 5.49. The van der Waals surface area contributed by atoms with E-state index >= 15 is 0 Å². The topological polar surface area (TPSA) is 95.8 Å². The molecule has 0 bridgehead atoms. The lowest BCUT2D eigenvalue weighted by Crippen LogP contribution is -2.54. The summed E-state index contributed by atoms with van der Waals surface area (Å²) >= 11 is 0. The van der Waals surface area contributed by atoms with Crippen LogP contribution in [-0.4, -0.2) is 64.7 Å². The van der Waals surface area contributed by atoms with Crippen LogP contribution in [0.15, 0.2) is 22.6 Å². The van der Waals surface area contributed by atoms with E-state index in [4.69, 9.17) is 4.42 Å². The molecule has 1 aromatic heterocycles. The van der Waals surface area contributed by atoms with Crippen LogP contribution in [-0.2, 0) is 9.59 Å². The average molecular weight is 356 g/mol. The molecule has 1 N–H and O–H groups in total. The molecular formula is C18H20N4O4. The molecule has 0 aliphatic carbocycles. The van der Waals surface area contributed by atoms with Crippen LogP contribution in [0, 0.1) is 6.92 Å². The Morgan fingerprint density at radius 3 is 2.62 bits per heavy atom. The molecule has 1 aromatic carbocycles. The molecule has 2 saturated heterocycles. The van der Waals surface area contributed by atoms with Gasteiger partial charge in [-0.15, -0.1) is 0 Å². The summed E-state index contributed by atoms with van der Waals surface area (Å²) in [5, 5.41) is 2.70. The SMILES string of the molecule is Cc1nc2ccc(C(=O)N3CCN(C(=O)C4CCC(=O)N4)CC3)cc2o1. The number of benzene rings is 1. The fraction of sp³-hybridized carbons (Fsp3) is 0.444. The van der Waals surface area contributed by atoms with Gasteiger partial charge in [0, 0.05) is 45.1 Å². The monoisotopic (exact) mass is 356 g/mol. The minimum absolute atomic E-state index is 0.0542. The summed E-state index contributed by atoms with van der Waals surface area (Å²) in [4.78, 5) is 44.1. The molecule has 0 spiro atoms. The number of nitrogens with zero attached hydrogens (tertiary/aromatic N) is 3. The number of fused-ring (bicyclic) bond motifs is 1. The van der Waals surface area contributed by atoms with Crippen molar-refractivity contribution in [2.45, 2.75) is 25.8 Å². The zero-order chi connectivity index (χ0) is 18.3. The molecule has 8 nitrogen and oxygen atoms in total. The highest BCUT2D eigenvalue weighted by molar-refractivity contribution is 5.97. The molecule has 3 amide bonds. The summed E-state index contributed by atoms with van der Waals surface area (Å²) in [7, 11) is 0. The molecule has 26 heavy (non-hydrogen) atoms. The van der Waals surface area contributed by atoms with Crippen molar-refractivity contribution in [3.05, 3.63) is 29.7 Å². The van der Waals surface area contributed by atoms with Crippen molar-refractivity contribution < 1.29 is 18.8 Å². The van der Waals surface area contributed by atoms with Gasteiger partial charge in [-0.05, 0) is 24.6 Å². The highest BCUT2D eigenvalue weighted by Gasteiger charge is 2.33. The molecule has 136 valence electrons. The van der Waals surface area contributed by atoms with E-state index in [1.165, 1.54) is 0 Å². The maximum Gasteiger partial charge on any atom is 0.254 e. The van der Waals surface area contributed by atoms with Crippen LogP contribution in [0.25, 0.3) is 11.1 Å². The van der Waals surface area contributed by atoms with Gasteiger partial charge in [-0.1, -0.05) is 0 Å². The Morgan fingerprint density at radius 2 is 1.92 bits per heavy atom. The number of oxazole rings is 1. The van der Waals surface area contributed by atoms with Crippen molar-refractivity contribution >= 4 is 28.8 Å². The number of carbonyl (C=O) groups is 3. The lowest BCUT2D eigenvalue weighted by atomic mass is 10.1. The maximum absolute atomic E-state index is 12.7. The fourth-order valence-corrected chi connectivity index (χ4v) is 3.51. The predicted molar refractivity (Wildman–Crippen MR) is 92.4 cm³/mol. The van der Waals surface area contributed by atoms with Gasteiger partial charge in [0.1, 0.15) is 11.6 Å². The standard InChI is InChI=1S/C18H20N4O4/c1-11-19-13-3-2-12(10-15(13)26-11)17(24)21-6-8-22(9-7-21)18(25)14-4-5-16(23)20-14/h2-3,10,14H,4-9H2,1H3,(H,20,23). The number of carbonyl (C=O) groups excluding carboxylic acids is 3. The van der Waals surface area contributed by atoms with Crippen molar-refractivity contribution in [1.29, 1.82) is 0 Å². The molecule has 0 radical (unpaired) electrons. The van der Waals surface area contributed by atoms with Crippen molar-refractivity contribution in [3.8, 4) is 0 Å². The predicted octanol–water partition coefficient (Wildman–Crippen LogP) is 0.699. The van der Waals surface area contributed by atoms with Gasteiger partial charge in [0.05, 0.1) is 0 Å². The maximum atomic E-state index is 12.7. The Kier molecular flexibility index (Phi) is 4.10. The third-order valence-electron chi connectivity index (χ3n) is 4.91. The zero-order valence-electron chi connectivity index (χ0n) is 14.5. The quantitative estimate of drug-likeness (QED) is 0.854. The van der Waals surface area contributed by atoms with E-state index in [0.29, 0.717) is 56.1 Å². The molecule has 0 saturated carbocycles. The molecule has 4 rings (SSSR count). The normalized spacial score (nSPS) is 20.5. The number of rotatable bonds is 2. The third kappa shape index (κ3) is 3.02. The molecule has 1 unspecified atom stereocenters. The first-order valence-corrected chi connectivity index (χ1v) is 8.76. The van der Waals surface area contributed by atoms with Crippen LogP contribution in [0.1, 0.15) is 29.1 Å². The fourth-order valence-electron chi connectivity index (χ4n) is 3.51. The van der Waals surface area contributed by atoms with E-state index in [0.717, 1.165) is 5.52 Å². The lowest BCUT2D eigenvalue weighted by Gasteiger charge is -2.35. The Labute approximate surface area is 150 Å². The smallest absolute Gasteiger partial charge is 0.254 e. The summed E-state index contributed by atoms with van der Waals surface area (Å²) in [6.07, 6.45) is 0.950. The van der Waals surface area contributed by atoms with Crippen molar-refractivity contribution in [2.24, 2.45) is 0 Å². The van der Waals surface area contributed by atoms with Gasteiger partial charge in [0.2, 0.25) is 11.8 Å². The Bertz CT molecular complexity index is 882. The van der Waals surface area contributed by atoms with Gasteiger partial charge in [0.15, 0.2) is 11.5 Å². The van der Waals surface area contributed by atoms with Crippen molar-refractivity contribution in [1.82, 2.24) is 20.1 Å². The van der Waals surface area contributed by atoms with Crippen molar-refractivity contribution in [3.63, 3.8) is 0 Å². The molecule has 2 aliphatic rings. The van der Waals surface area contributed by atoms with Gasteiger partial charge >= 0.3 is 0 Å². The molecule has 2 aromatic rings. The zero-order valence-corrected chi connectivity index (χ0v) is 14.5. The summed E-state index contributed by atoms with van der Waals surface area (Å²) in [5.41, 5.74) is 1.88. The molecule has 8 heteroatoms. The number of amides is 3. The minimum atomic E-state index is -0.415. The van der Waals surface area contributed by atoms with Gasteiger partial charge in [-0.25, -0.2) is 4.98 Å². The van der Waals surface area contributed by atoms with E-state index in [2.05, 4.69) is 10.3 Å². The number of aryl methyl sites for hydroxylation is 1. The van der Waals surface area contributed by atoms with Crippen LogP contribution in [0.4, 0.5) is 0 Å². The second-order valence-corrected chi connectivity index (χ2v) is 6.69. The van der Waals surface area contributed by atoms with Crippen LogP contribution in [0.5, 0.6) is 0 Å². The molecule has 2 aliphatic heterocycles. The van der Waals surface area contributed by atoms with Gasteiger partial charge in [0.25, 0.3) is 5.91 Å². The van der Waals surface area contributed by atoms with E-state index in [-0.39, 0.29) is 17.7 Å². The van der Waals surface area contributed by atoms with E-state index in [9.17, 15) is 14.4 Å². The molecule has 3 heterocycles. The number of piperazine rings is 1. The van der Waals surface area contributed by atoms with Crippen LogP contribution in [0.3, 0.4) is 0 Å². The van der Waals surface area contributed by atoms with E-state index in [1.54, 1.807) is 34.9 Å². The Balaban J connectivity index is 1.39. The minimum Gasteiger partial charge on any atom is -0.441 e. The summed E-state index contributed by atoms with van der Waals surface area (Å²) in [6, 6.07) is 4.82. The van der Waals surface area contributed by atoms with Gasteiger partial charge in [-0.2, -0.15) is 0 Å². The second kappa shape index (κ2) is 6.44. The Morgan fingerprint density at radius 1 is 1.19 bits per heavy atom. The summed E-state index contributed by atoms with van der Waals surface area (Å²) in [5.74, 6) is 0.356. The first kappa shape index (κ1) is 16.6. The highest BCUT2D eigenvalue weighted by atomic mass is 16.3. The molecule has 1 atom stereocenters. The number of nitrogens with one attached hydrogen (secondary N) is 1. The first-order valence-electron chi connectivity index (χ1n) is 8.76. The summed E-state index contributed by atoms with van der Waals surface area (Å²) in [6.45, 7) is 3.66. The molecular weight excluding hydrogens is 336 g/mol. The lowest BCUT2D eigenvalue weighted by molar-refractivity contribution is -0.135. The average Bonchev–Trinajstić information content (AvgIpc) is 3.24. The highest BCUT2D eigenvalue weighted by Crippen LogP contribution is 2.19. The number of hydrogen-bond donors (Lipinski definition) is 1. The third-order valence-corrected chi connectivity index (χ3v) is 4.91. The van der Waals surface area contributed by atoms with Gasteiger partial charge < -0.3 is 19.5 Å². The molecule has 2 fully saturated rings. The number of hydrogen-bond acceptors (Lipinski definition) is 5. The van der Waals surface area contributed by atoms with E-state index < -0.39 is 6.04 Å². The Hall–Kier alpha value is -2.90. The first-order chi connectivity index (χ1) is 12.5. The van der Waals surface area contributed by atoms with Crippen molar-refractivity contribution in [2.75, 3.05) is 26.2 Å². The van der Waals surface area contributed by atoms with Crippen LogP contribution >= 0.6 is 0 Å². The largest absolute Gasteiger partial charge is 0.441 e. The number of aromatic nitrogens is 1. The van der Waals surface area contributed by atoms with Crippen LogP contribution in [0.2, 0.25) is 0 Å².